The van der Waals surface area contributed by atoms with Gasteiger partial charge < -0.3 is 10.1 Å². The van der Waals surface area contributed by atoms with Gasteiger partial charge in [0.25, 0.3) is 0 Å². The Balaban J connectivity index is 2.12. The Morgan fingerprint density at radius 1 is 1.26 bits per heavy atom. The Hall–Kier alpha value is -0.930. The fourth-order valence-electron chi connectivity index (χ4n) is 2.23. The van der Waals surface area contributed by atoms with E-state index >= 15 is 0 Å². The first-order valence-electron chi connectivity index (χ1n) is 7.14. The van der Waals surface area contributed by atoms with Gasteiger partial charge in [-0.05, 0) is 42.5 Å². The molecule has 0 fully saturated rings. The first-order chi connectivity index (χ1) is 9.35. The molecule has 19 heavy (non-hydrogen) atoms. The molecule has 1 atom stereocenters. The molecule has 0 spiro atoms. The number of ether oxygens (including phenoxy) is 1. The van der Waals surface area contributed by atoms with Crippen LogP contribution in [0.2, 0.25) is 0 Å². The van der Waals surface area contributed by atoms with Crippen molar-refractivity contribution >= 4 is 11.8 Å². The highest BCUT2D eigenvalue weighted by atomic mass is 32.2. The molecule has 1 aliphatic rings. The lowest BCUT2D eigenvalue weighted by Crippen LogP contribution is -2.24. The second-order valence-electron chi connectivity index (χ2n) is 4.63. The van der Waals surface area contributed by atoms with Gasteiger partial charge >= 0.3 is 0 Å². The standard InChI is InChI=1S/C16H23NOS/c1-3-11-17-16(15-6-5-12-18-15)13-7-9-14(10-8-13)19-4-2/h6-10,16-17H,3-5,11-12H2,1-2H3. The molecule has 0 bridgehead atoms. The summed E-state index contributed by atoms with van der Waals surface area (Å²) in [5.74, 6) is 2.20. The maximum absolute atomic E-state index is 5.74. The zero-order valence-electron chi connectivity index (χ0n) is 11.8. The molecule has 0 radical (unpaired) electrons. The van der Waals surface area contributed by atoms with Crippen molar-refractivity contribution in [2.24, 2.45) is 0 Å². The SMILES string of the molecule is CCCNC(C1=CCCO1)c1ccc(SCC)cc1. The van der Waals surface area contributed by atoms with Crippen LogP contribution in [0.25, 0.3) is 0 Å². The van der Waals surface area contributed by atoms with Crippen LogP contribution in [-0.2, 0) is 4.74 Å². The summed E-state index contributed by atoms with van der Waals surface area (Å²) in [5, 5.41) is 3.58. The first kappa shape index (κ1) is 14.5. The second-order valence-corrected chi connectivity index (χ2v) is 5.97. The molecule has 1 N–H and O–H groups in total. The molecule has 0 saturated heterocycles. The highest BCUT2D eigenvalue weighted by Crippen LogP contribution is 2.28. The van der Waals surface area contributed by atoms with Crippen molar-refractivity contribution in [1.29, 1.82) is 0 Å². The summed E-state index contributed by atoms with van der Waals surface area (Å²) in [6.45, 7) is 6.20. The monoisotopic (exact) mass is 277 g/mol. The van der Waals surface area contributed by atoms with E-state index in [4.69, 9.17) is 4.74 Å². The van der Waals surface area contributed by atoms with Crippen LogP contribution in [0.5, 0.6) is 0 Å². The summed E-state index contributed by atoms with van der Waals surface area (Å²) in [5.41, 5.74) is 1.29. The van der Waals surface area contributed by atoms with Crippen molar-refractivity contribution in [1.82, 2.24) is 5.32 Å². The zero-order valence-corrected chi connectivity index (χ0v) is 12.6. The van der Waals surface area contributed by atoms with Crippen LogP contribution in [0, 0.1) is 0 Å². The number of thioether (sulfide) groups is 1. The van der Waals surface area contributed by atoms with Crippen LogP contribution in [0.3, 0.4) is 0 Å². The van der Waals surface area contributed by atoms with Crippen LogP contribution in [0.15, 0.2) is 41.0 Å². The van der Waals surface area contributed by atoms with Gasteiger partial charge in [0.15, 0.2) is 0 Å². The summed E-state index contributed by atoms with van der Waals surface area (Å²) in [7, 11) is 0. The van der Waals surface area contributed by atoms with Crippen molar-refractivity contribution in [2.75, 3.05) is 18.9 Å². The van der Waals surface area contributed by atoms with Gasteiger partial charge in [0.1, 0.15) is 5.76 Å². The van der Waals surface area contributed by atoms with Gasteiger partial charge in [-0.25, -0.2) is 0 Å². The molecule has 0 saturated carbocycles. The normalized spacial score (nSPS) is 16.0. The Morgan fingerprint density at radius 3 is 2.63 bits per heavy atom. The van der Waals surface area contributed by atoms with Crippen LogP contribution in [-0.4, -0.2) is 18.9 Å². The number of benzene rings is 1. The second kappa shape index (κ2) is 7.61. The van der Waals surface area contributed by atoms with E-state index in [9.17, 15) is 0 Å². The molecule has 0 aliphatic carbocycles. The molecule has 1 aromatic carbocycles. The van der Waals surface area contributed by atoms with Gasteiger partial charge in [-0.1, -0.05) is 26.0 Å². The highest BCUT2D eigenvalue weighted by molar-refractivity contribution is 7.99. The average Bonchev–Trinajstić information content (AvgIpc) is 2.95. The molecular formula is C16H23NOS. The Bertz CT molecular complexity index is 413. The molecule has 1 aliphatic heterocycles. The summed E-state index contributed by atoms with van der Waals surface area (Å²) < 4.78 is 5.74. The third-order valence-electron chi connectivity index (χ3n) is 3.14. The molecule has 3 heteroatoms. The fourth-order valence-corrected chi connectivity index (χ4v) is 2.89. The van der Waals surface area contributed by atoms with Gasteiger partial charge in [-0.15, -0.1) is 11.8 Å². The molecule has 0 aromatic heterocycles. The minimum atomic E-state index is 0.211. The molecule has 0 amide bonds. The van der Waals surface area contributed by atoms with E-state index in [-0.39, 0.29) is 6.04 Å². The van der Waals surface area contributed by atoms with E-state index in [1.165, 1.54) is 10.5 Å². The number of nitrogens with one attached hydrogen (secondary N) is 1. The smallest absolute Gasteiger partial charge is 0.114 e. The fraction of sp³-hybridized carbons (Fsp3) is 0.500. The summed E-state index contributed by atoms with van der Waals surface area (Å²) in [6, 6.07) is 9.06. The minimum Gasteiger partial charge on any atom is -0.496 e. The lowest BCUT2D eigenvalue weighted by Gasteiger charge is -2.20. The number of rotatable bonds is 7. The summed E-state index contributed by atoms with van der Waals surface area (Å²) in [4.78, 5) is 1.34. The maximum Gasteiger partial charge on any atom is 0.114 e. The lowest BCUT2D eigenvalue weighted by molar-refractivity contribution is 0.215. The van der Waals surface area contributed by atoms with Crippen LogP contribution >= 0.6 is 11.8 Å². The Kier molecular flexibility index (Phi) is 5.80. The third-order valence-corrected chi connectivity index (χ3v) is 4.03. The summed E-state index contributed by atoms with van der Waals surface area (Å²) in [6.07, 6.45) is 4.37. The molecule has 1 heterocycles. The predicted octanol–water partition coefficient (Wildman–Crippen LogP) is 4.14. The zero-order chi connectivity index (χ0) is 13.5. The van der Waals surface area contributed by atoms with Gasteiger partial charge in [-0.2, -0.15) is 0 Å². The largest absolute Gasteiger partial charge is 0.496 e. The number of hydrogen-bond donors (Lipinski definition) is 1. The molecular weight excluding hydrogens is 254 g/mol. The van der Waals surface area contributed by atoms with E-state index in [1.54, 1.807) is 0 Å². The van der Waals surface area contributed by atoms with Crippen LogP contribution in [0.1, 0.15) is 38.3 Å². The summed E-state index contributed by atoms with van der Waals surface area (Å²) >= 11 is 1.88. The van der Waals surface area contributed by atoms with Crippen LogP contribution < -0.4 is 5.32 Å². The average molecular weight is 277 g/mol. The van der Waals surface area contributed by atoms with Gasteiger partial charge in [0.05, 0.1) is 12.6 Å². The van der Waals surface area contributed by atoms with Gasteiger partial charge in [0.2, 0.25) is 0 Å². The molecule has 1 aromatic rings. The Morgan fingerprint density at radius 2 is 2.05 bits per heavy atom. The highest BCUT2D eigenvalue weighted by Gasteiger charge is 2.19. The first-order valence-corrected chi connectivity index (χ1v) is 8.12. The van der Waals surface area contributed by atoms with Crippen molar-refractivity contribution in [3.8, 4) is 0 Å². The Labute approximate surface area is 120 Å². The molecule has 2 rings (SSSR count). The maximum atomic E-state index is 5.74. The van der Waals surface area contributed by atoms with E-state index in [0.29, 0.717) is 0 Å². The topological polar surface area (TPSA) is 21.3 Å². The number of hydrogen-bond acceptors (Lipinski definition) is 3. The minimum absolute atomic E-state index is 0.211. The van der Waals surface area contributed by atoms with Crippen molar-refractivity contribution in [2.45, 2.75) is 37.6 Å². The lowest BCUT2D eigenvalue weighted by atomic mass is 10.0. The van der Waals surface area contributed by atoms with E-state index in [0.717, 1.165) is 37.5 Å². The van der Waals surface area contributed by atoms with E-state index in [1.807, 2.05) is 11.8 Å². The van der Waals surface area contributed by atoms with Gasteiger partial charge in [-0.3, -0.25) is 0 Å². The molecule has 1 unspecified atom stereocenters. The van der Waals surface area contributed by atoms with Crippen molar-refractivity contribution in [3.05, 3.63) is 41.7 Å². The third kappa shape index (κ3) is 4.02. The van der Waals surface area contributed by atoms with Crippen molar-refractivity contribution in [3.63, 3.8) is 0 Å². The van der Waals surface area contributed by atoms with E-state index < -0.39 is 0 Å². The predicted molar refractivity (Wildman–Crippen MR) is 82.5 cm³/mol. The van der Waals surface area contributed by atoms with E-state index in [2.05, 4.69) is 49.5 Å². The molecule has 2 nitrogen and oxygen atoms in total. The van der Waals surface area contributed by atoms with Crippen molar-refractivity contribution < 1.29 is 4.74 Å². The quantitative estimate of drug-likeness (QED) is 0.757. The van der Waals surface area contributed by atoms with Crippen LogP contribution in [0.4, 0.5) is 0 Å². The molecule has 104 valence electrons. The van der Waals surface area contributed by atoms with Gasteiger partial charge in [0, 0.05) is 11.3 Å².